The first-order chi connectivity index (χ1) is 6.26. The van der Waals surface area contributed by atoms with E-state index in [-0.39, 0.29) is 11.9 Å². The van der Waals surface area contributed by atoms with E-state index in [0.29, 0.717) is 26.1 Å². The van der Waals surface area contributed by atoms with Gasteiger partial charge in [-0.2, -0.15) is 0 Å². The summed E-state index contributed by atoms with van der Waals surface area (Å²) < 4.78 is 9.82. The topological polar surface area (TPSA) is 35.5 Å². The average molecular weight is 186 g/mol. The number of methoxy groups -OCH3 is 1. The highest BCUT2D eigenvalue weighted by Crippen LogP contribution is 2.11. The summed E-state index contributed by atoms with van der Waals surface area (Å²) >= 11 is 0. The van der Waals surface area contributed by atoms with Gasteiger partial charge < -0.3 is 9.47 Å². The first-order valence-electron chi connectivity index (χ1n) is 4.52. The van der Waals surface area contributed by atoms with Gasteiger partial charge in [0, 0.05) is 13.7 Å². The SMILES string of the molecule is C=CCC(CCOC)C(=O)OCC. The number of ether oxygens (including phenoxy) is 2. The van der Waals surface area contributed by atoms with Crippen molar-refractivity contribution in [3.8, 4) is 0 Å². The van der Waals surface area contributed by atoms with Crippen molar-refractivity contribution in [2.75, 3.05) is 20.3 Å². The number of rotatable bonds is 7. The predicted molar refractivity (Wildman–Crippen MR) is 51.4 cm³/mol. The molecule has 0 radical (unpaired) electrons. The van der Waals surface area contributed by atoms with Gasteiger partial charge in [-0.3, -0.25) is 4.79 Å². The standard InChI is InChI=1S/C10H18O3/c1-4-6-9(7-8-12-3)10(11)13-5-2/h4,9H,1,5-8H2,2-3H3. The molecule has 0 amide bonds. The molecule has 76 valence electrons. The molecule has 0 aliphatic heterocycles. The molecule has 3 nitrogen and oxygen atoms in total. The van der Waals surface area contributed by atoms with Crippen molar-refractivity contribution in [2.24, 2.45) is 5.92 Å². The average Bonchev–Trinajstić information content (AvgIpc) is 2.12. The van der Waals surface area contributed by atoms with E-state index in [4.69, 9.17) is 9.47 Å². The molecule has 0 aliphatic carbocycles. The molecule has 1 unspecified atom stereocenters. The van der Waals surface area contributed by atoms with Crippen LogP contribution < -0.4 is 0 Å². The fourth-order valence-corrected chi connectivity index (χ4v) is 1.05. The number of hydrogen-bond donors (Lipinski definition) is 0. The van der Waals surface area contributed by atoms with Crippen molar-refractivity contribution in [3.63, 3.8) is 0 Å². The third-order valence-corrected chi connectivity index (χ3v) is 1.74. The molecule has 0 aromatic rings. The molecule has 0 aromatic heterocycles. The van der Waals surface area contributed by atoms with Crippen molar-refractivity contribution in [3.05, 3.63) is 12.7 Å². The van der Waals surface area contributed by atoms with Crippen LogP contribution in [-0.2, 0) is 14.3 Å². The lowest BCUT2D eigenvalue weighted by Crippen LogP contribution is -2.18. The Morgan fingerprint density at radius 2 is 2.31 bits per heavy atom. The summed E-state index contributed by atoms with van der Waals surface area (Å²) in [6.45, 7) is 6.42. The van der Waals surface area contributed by atoms with Crippen molar-refractivity contribution >= 4 is 5.97 Å². The van der Waals surface area contributed by atoms with Crippen LogP contribution in [0.3, 0.4) is 0 Å². The Balaban J connectivity index is 3.90. The molecule has 0 heterocycles. The fraction of sp³-hybridized carbons (Fsp3) is 0.700. The van der Waals surface area contributed by atoms with Gasteiger partial charge in [-0.15, -0.1) is 6.58 Å². The molecule has 0 N–H and O–H groups in total. The first-order valence-corrected chi connectivity index (χ1v) is 4.52. The van der Waals surface area contributed by atoms with Gasteiger partial charge in [-0.05, 0) is 19.8 Å². The third kappa shape index (κ3) is 5.42. The maximum absolute atomic E-state index is 11.3. The van der Waals surface area contributed by atoms with E-state index < -0.39 is 0 Å². The van der Waals surface area contributed by atoms with Crippen LogP contribution >= 0.6 is 0 Å². The Hall–Kier alpha value is -0.830. The van der Waals surface area contributed by atoms with Crippen LogP contribution in [0.25, 0.3) is 0 Å². The Bertz CT molecular complexity index is 154. The Morgan fingerprint density at radius 3 is 2.77 bits per heavy atom. The molecule has 0 rings (SSSR count). The lowest BCUT2D eigenvalue weighted by molar-refractivity contribution is -0.148. The second-order valence-electron chi connectivity index (χ2n) is 2.75. The van der Waals surface area contributed by atoms with E-state index in [1.165, 1.54) is 0 Å². The zero-order valence-corrected chi connectivity index (χ0v) is 8.41. The second-order valence-corrected chi connectivity index (χ2v) is 2.75. The van der Waals surface area contributed by atoms with Gasteiger partial charge in [-0.1, -0.05) is 6.08 Å². The molecule has 1 atom stereocenters. The molecular weight excluding hydrogens is 168 g/mol. The van der Waals surface area contributed by atoms with Crippen molar-refractivity contribution < 1.29 is 14.3 Å². The van der Waals surface area contributed by atoms with Crippen molar-refractivity contribution in [2.45, 2.75) is 19.8 Å². The number of carbonyl (C=O) groups excluding carboxylic acids is 1. The van der Waals surface area contributed by atoms with Gasteiger partial charge in [0.05, 0.1) is 12.5 Å². The molecule has 0 saturated carbocycles. The second kappa shape index (κ2) is 7.80. The monoisotopic (exact) mass is 186 g/mol. The quantitative estimate of drug-likeness (QED) is 0.449. The third-order valence-electron chi connectivity index (χ3n) is 1.74. The van der Waals surface area contributed by atoms with Gasteiger partial charge in [0.1, 0.15) is 0 Å². The van der Waals surface area contributed by atoms with Crippen LogP contribution in [0.4, 0.5) is 0 Å². The van der Waals surface area contributed by atoms with Gasteiger partial charge in [0.25, 0.3) is 0 Å². The first kappa shape index (κ1) is 12.2. The summed E-state index contributed by atoms with van der Waals surface area (Å²) in [5.74, 6) is -0.253. The number of carbonyl (C=O) groups is 1. The molecular formula is C10H18O3. The van der Waals surface area contributed by atoms with Gasteiger partial charge in [0.2, 0.25) is 0 Å². The van der Waals surface area contributed by atoms with E-state index in [0.717, 1.165) is 0 Å². The van der Waals surface area contributed by atoms with Gasteiger partial charge in [-0.25, -0.2) is 0 Å². The predicted octanol–water partition coefficient (Wildman–Crippen LogP) is 1.78. The zero-order chi connectivity index (χ0) is 10.1. The Morgan fingerprint density at radius 1 is 1.62 bits per heavy atom. The summed E-state index contributed by atoms with van der Waals surface area (Å²) in [6.07, 6.45) is 3.08. The summed E-state index contributed by atoms with van der Waals surface area (Å²) in [5.41, 5.74) is 0. The van der Waals surface area contributed by atoms with Crippen LogP contribution in [-0.4, -0.2) is 26.3 Å². The van der Waals surface area contributed by atoms with E-state index in [9.17, 15) is 4.79 Å². The van der Waals surface area contributed by atoms with E-state index >= 15 is 0 Å². The van der Waals surface area contributed by atoms with E-state index in [2.05, 4.69) is 6.58 Å². The number of esters is 1. The van der Waals surface area contributed by atoms with Crippen molar-refractivity contribution in [1.29, 1.82) is 0 Å². The minimum Gasteiger partial charge on any atom is -0.466 e. The minimum atomic E-state index is -0.153. The molecule has 0 fully saturated rings. The maximum atomic E-state index is 11.3. The van der Waals surface area contributed by atoms with Crippen LogP contribution in [0.5, 0.6) is 0 Å². The number of allylic oxidation sites excluding steroid dienone is 1. The molecule has 0 aromatic carbocycles. The zero-order valence-electron chi connectivity index (χ0n) is 8.41. The number of hydrogen-bond acceptors (Lipinski definition) is 3. The Kier molecular flexibility index (Phi) is 7.30. The Labute approximate surface area is 79.7 Å². The lowest BCUT2D eigenvalue weighted by Gasteiger charge is -2.12. The van der Waals surface area contributed by atoms with Crippen LogP contribution in [0.15, 0.2) is 12.7 Å². The highest BCUT2D eigenvalue weighted by molar-refractivity contribution is 5.72. The smallest absolute Gasteiger partial charge is 0.309 e. The highest BCUT2D eigenvalue weighted by atomic mass is 16.5. The molecule has 3 heteroatoms. The van der Waals surface area contributed by atoms with E-state index in [1.54, 1.807) is 20.1 Å². The van der Waals surface area contributed by atoms with Gasteiger partial charge >= 0.3 is 5.97 Å². The summed E-state index contributed by atoms with van der Waals surface area (Å²) in [7, 11) is 1.62. The van der Waals surface area contributed by atoms with Crippen LogP contribution in [0.1, 0.15) is 19.8 Å². The molecule has 13 heavy (non-hydrogen) atoms. The minimum absolute atomic E-state index is 0.0996. The van der Waals surface area contributed by atoms with Crippen LogP contribution in [0.2, 0.25) is 0 Å². The molecule has 0 spiro atoms. The fourth-order valence-electron chi connectivity index (χ4n) is 1.05. The summed E-state index contributed by atoms with van der Waals surface area (Å²) in [6, 6.07) is 0. The van der Waals surface area contributed by atoms with Crippen LogP contribution in [0, 0.1) is 5.92 Å². The molecule has 0 bridgehead atoms. The van der Waals surface area contributed by atoms with Gasteiger partial charge in [0.15, 0.2) is 0 Å². The molecule has 0 saturated heterocycles. The van der Waals surface area contributed by atoms with E-state index in [1.807, 2.05) is 0 Å². The maximum Gasteiger partial charge on any atom is 0.309 e. The largest absolute Gasteiger partial charge is 0.466 e. The summed E-state index contributed by atoms with van der Waals surface area (Å²) in [4.78, 5) is 11.3. The summed E-state index contributed by atoms with van der Waals surface area (Å²) in [5, 5.41) is 0. The highest BCUT2D eigenvalue weighted by Gasteiger charge is 2.17. The lowest BCUT2D eigenvalue weighted by atomic mass is 10.0. The normalized spacial score (nSPS) is 12.2. The van der Waals surface area contributed by atoms with Crippen molar-refractivity contribution in [1.82, 2.24) is 0 Å². The molecule has 0 aliphatic rings.